The van der Waals surface area contributed by atoms with Crippen LogP contribution in [0, 0.1) is 6.92 Å². The molecule has 1 aromatic heterocycles. The van der Waals surface area contributed by atoms with Gasteiger partial charge in [-0.25, -0.2) is 0 Å². The molecule has 1 N–H and O–H groups in total. The molecule has 5 nitrogen and oxygen atoms in total. The van der Waals surface area contributed by atoms with Crippen LogP contribution in [-0.4, -0.2) is 28.8 Å². The van der Waals surface area contributed by atoms with E-state index in [1.807, 2.05) is 32.9 Å². The summed E-state index contributed by atoms with van der Waals surface area (Å²) in [5.41, 5.74) is 0. The zero-order chi connectivity index (χ0) is 13.3. The van der Waals surface area contributed by atoms with Gasteiger partial charge in [0.1, 0.15) is 11.5 Å². The molecule has 1 aromatic rings. The molecule has 0 spiro atoms. The molecule has 1 aliphatic rings. The number of nitrogens with zero attached hydrogens (tertiary/aromatic N) is 1. The Balaban J connectivity index is 1.95. The number of hydrogen-bond donors (Lipinski definition) is 1. The van der Waals surface area contributed by atoms with Gasteiger partial charge in [-0.1, -0.05) is 0 Å². The van der Waals surface area contributed by atoms with Gasteiger partial charge in [0, 0.05) is 6.04 Å². The molecule has 98 valence electrons. The van der Waals surface area contributed by atoms with Gasteiger partial charge in [-0.15, -0.1) is 0 Å². The van der Waals surface area contributed by atoms with Crippen LogP contribution in [0.4, 0.5) is 0 Å². The average molecular weight is 250 g/mol. The van der Waals surface area contributed by atoms with Crippen LogP contribution in [0.3, 0.4) is 0 Å². The maximum atomic E-state index is 12.0. The molecule has 2 heterocycles. The van der Waals surface area contributed by atoms with E-state index in [1.165, 1.54) is 4.90 Å². The average Bonchev–Trinajstić information content (AvgIpc) is 2.80. The summed E-state index contributed by atoms with van der Waals surface area (Å²) in [6.07, 6.45) is 0.233. The van der Waals surface area contributed by atoms with Crippen molar-refractivity contribution in [1.82, 2.24) is 10.2 Å². The Hall–Kier alpha value is -1.62. The second-order valence-electron chi connectivity index (χ2n) is 4.85. The Morgan fingerprint density at radius 2 is 2.17 bits per heavy atom. The number of aryl methyl sites for hydroxylation is 1. The van der Waals surface area contributed by atoms with E-state index >= 15 is 0 Å². The molecule has 0 saturated carbocycles. The third kappa shape index (κ3) is 2.46. The van der Waals surface area contributed by atoms with Crippen molar-refractivity contribution in [3.63, 3.8) is 0 Å². The third-order valence-corrected chi connectivity index (χ3v) is 3.02. The van der Waals surface area contributed by atoms with E-state index in [4.69, 9.17) is 4.42 Å². The summed E-state index contributed by atoms with van der Waals surface area (Å²) in [5.74, 6) is 1.36. The first kappa shape index (κ1) is 12.8. The quantitative estimate of drug-likeness (QED) is 0.816. The lowest BCUT2D eigenvalue weighted by molar-refractivity contribution is -0.140. The number of furan rings is 1. The molecular formula is C13H18N2O3. The molecule has 5 heteroatoms. The maximum Gasteiger partial charge on any atom is 0.247 e. The van der Waals surface area contributed by atoms with Gasteiger partial charge in [-0.05, 0) is 32.9 Å². The van der Waals surface area contributed by atoms with E-state index in [0.717, 1.165) is 11.5 Å². The Kier molecular flexibility index (Phi) is 3.52. The van der Waals surface area contributed by atoms with Gasteiger partial charge in [0.25, 0.3) is 0 Å². The van der Waals surface area contributed by atoms with Crippen molar-refractivity contribution in [3.05, 3.63) is 23.7 Å². The Bertz CT molecular complexity index is 465. The van der Waals surface area contributed by atoms with Crippen molar-refractivity contribution in [1.29, 1.82) is 0 Å². The minimum atomic E-state index is -0.426. The van der Waals surface area contributed by atoms with E-state index in [0.29, 0.717) is 6.54 Å². The molecule has 1 unspecified atom stereocenters. The van der Waals surface area contributed by atoms with Crippen LogP contribution in [-0.2, 0) is 16.1 Å². The van der Waals surface area contributed by atoms with E-state index in [1.54, 1.807) is 0 Å². The van der Waals surface area contributed by atoms with Crippen molar-refractivity contribution in [3.8, 4) is 0 Å². The van der Waals surface area contributed by atoms with Crippen LogP contribution in [0.1, 0.15) is 31.8 Å². The first-order valence-corrected chi connectivity index (χ1v) is 6.13. The van der Waals surface area contributed by atoms with E-state index < -0.39 is 6.04 Å². The summed E-state index contributed by atoms with van der Waals surface area (Å²) >= 11 is 0. The molecule has 0 radical (unpaired) electrons. The Labute approximate surface area is 106 Å². The summed E-state index contributed by atoms with van der Waals surface area (Å²) in [7, 11) is 0. The summed E-state index contributed by atoms with van der Waals surface area (Å²) in [6.45, 7) is 6.01. The number of nitrogens with one attached hydrogen (secondary N) is 1. The highest BCUT2D eigenvalue weighted by molar-refractivity contribution is 6.05. The monoisotopic (exact) mass is 250 g/mol. The van der Waals surface area contributed by atoms with Gasteiger partial charge in [-0.3, -0.25) is 19.8 Å². The lowest BCUT2D eigenvalue weighted by Gasteiger charge is -2.19. The van der Waals surface area contributed by atoms with Crippen molar-refractivity contribution >= 4 is 11.8 Å². The van der Waals surface area contributed by atoms with Crippen LogP contribution >= 0.6 is 0 Å². The van der Waals surface area contributed by atoms with Gasteiger partial charge in [0.05, 0.1) is 19.0 Å². The second kappa shape index (κ2) is 4.94. The number of rotatable bonds is 4. The highest BCUT2D eigenvalue weighted by Gasteiger charge is 2.39. The molecule has 1 atom stereocenters. The summed E-state index contributed by atoms with van der Waals surface area (Å²) in [4.78, 5) is 25.0. The fourth-order valence-corrected chi connectivity index (χ4v) is 2.16. The standard InChI is InChI=1S/C13H18N2O3/c1-8(2)15-12(16)6-11(13(15)17)14-7-10-5-4-9(3)18-10/h4-5,8,11,14H,6-7H2,1-3H3. The molecule has 18 heavy (non-hydrogen) atoms. The van der Waals surface area contributed by atoms with Crippen molar-refractivity contribution in [2.75, 3.05) is 0 Å². The summed E-state index contributed by atoms with van der Waals surface area (Å²) in [6, 6.07) is 3.23. The van der Waals surface area contributed by atoms with Crippen molar-refractivity contribution < 1.29 is 14.0 Å². The molecule has 1 fully saturated rings. The number of imide groups is 1. The first-order chi connectivity index (χ1) is 8.49. The smallest absolute Gasteiger partial charge is 0.247 e. The maximum absolute atomic E-state index is 12.0. The molecule has 0 bridgehead atoms. The lowest BCUT2D eigenvalue weighted by Crippen LogP contribution is -2.41. The van der Waals surface area contributed by atoms with Gasteiger partial charge >= 0.3 is 0 Å². The summed E-state index contributed by atoms with van der Waals surface area (Å²) in [5, 5.41) is 3.07. The molecule has 1 saturated heterocycles. The van der Waals surface area contributed by atoms with E-state index in [-0.39, 0.29) is 24.3 Å². The minimum Gasteiger partial charge on any atom is -0.465 e. The van der Waals surface area contributed by atoms with Gasteiger partial charge in [0.15, 0.2) is 0 Å². The van der Waals surface area contributed by atoms with E-state index in [2.05, 4.69) is 5.32 Å². The topological polar surface area (TPSA) is 62.6 Å². The van der Waals surface area contributed by atoms with Crippen LogP contribution in [0.5, 0.6) is 0 Å². The molecule has 0 aromatic carbocycles. The van der Waals surface area contributed by atoms with Crippen LogP contribution in [0.2, 0.25) is 0 Å². The fraction of sp³-hybridized carbons (Fsp3) is 0.538. The highest BCUT2D eigenvalue weighted by Crippen LogP contribution is 2.17. The van der Waals surface area contributed by atoms with Gasteiger partial charge in [-0.2, -0.15) is 0 Å². The largest absolute Gasteiger partial charge is 0.465 e. The molecular weight excluding hydrogens is 232 g/mol. The van der Waals surface area contributed by atoms with Gasteiger partial charge < -0.3 is 4.42 Å². The minimum absolute atomic E-state index is 0.0809. The van der Waals surface area contributed by atoms with E-state index in [9.17, 15) is 9.59 Å². The fourth-order valence-electron chi connectivity index (χ4n) is 2.16. The normalized spacial score (nSPS) is 20.2. The van der Waals surface area contributed by atoms with Crippen molar-refractivity contribution in [2.24, 2.45) is 0 Å². The lowest BCUT2D eigenvalue weighted by atomic mass is 10.2. The number of likely N-dealkylation sites (tertiary alicyclic amines) is 1. The molecule has 2 rings (SSSR count). The molecule has 2 amide bonds. The SMILES string of the molecule is Cc1ccc(CNC2CC(=O)N(C(C)C)C2=O)o1. The van der Waals surface area contributed by atoms with Crippen LogP contribution in [0.15, 0.2) is 16.5 Å². The number of amides is 2. The third-order valence-electron chi connectivity index (χ3n) is 3.02. The predicted octanol–water partition coefficient (Wildman–Crippen LogP) is 1.21. The number of carbonyl (C=O) groups is 2. The Morgan fingerprint density at radius 1 is 1.44 bits per heavy atom. The second-order valence-corrected chi connectivity index (χ2v) is 4.85. The highest BCUT2D eigenvalue weighted by atomic mass is 16.3. The van der Waals surface area contributed by atoms with Crippen LogP contribution in [0.25, 0.3) is 0 Å². The predicted molar refractivity (Wildman–Crippen MR) is 65.7 cm³/mol. The number of hydrogen-bond acceptors (Lipinski definition) is 4. The van der Waals surface area contributed by atoms with Crippen LogP contribution < -0.4 is 5.32 Å². The van der Waals surface area contributed by atoms with Gasteiger partial charge in [0.2, 0.25) is 11.8 Å². The van der Waals surface area contributed by atoms with Crippen molar-refractivity contribution in [2.45, 2.75) is 45.8 Å². The zero-order valence-corrected chi connectivity index (χ0v) is 10.9. The Morgan fingerprint density at radius 3 is 2.67 bits per heavy atom. The molecule has 1 aliphatic heterocycles. The summed E-state index contributed by atoms with van der Waals surface area (Å²) < 4.78 is 5.41. The molecule has 0 aliphatic carbocycles. The zero-order valence-electron chi connectivity index (χ0n) is 10.9. The first-order valence-electron chi connectivity index (χ1n) is 6.13. The number of carbonyl (C=O) groups excluding carboxylic acids is 2.